The first kappa shape index (κ1) is 17.8. The summed E-state index contributed by atoms with van der Waals surface area (Å²) in [4.78, 5) is 12.4. The molecule has 5 nitrogen and oxygen atoms in total. The number of aliphatic hydroxyl groups excluding tert-OH is 1. The van der Waals surface area contributed by atoms with E-state index in [9.17, 15) is 4.79 Å². The average molecular weight is 325 g/mol. The Balaban J connectivity index is 2.22. The number of carbonyl (C=O) groups excluding carboxylic acids is 1. The maximum Gasteiger partial charge on any atom is 0.253 e. The minimum atomic E-state index is -0.104. The summed E-state index contributed by atoms with van der Waals surface area (Å²) < 4.78 is 2.01. The number of benzene rings is 1. The molecule has 1 aromatic heterocycles. The van der Waals surface area contributed by atoms with Gasteiger partial charge in [-0.1, -0.05) is 6.92 Å². The van der Waals surface area contributed by atoms with Gasteiger partial charge in [0.2, 0.25) is 0 Å². The van der Waals surface area contributed by atoms with Crippen LogP contribution in [0.5, 0.6) is 0 Å². The lowest BCUT2D eigenvalue weighted by atomic mass is 10.1. The number of aromatic nitrogens is 1. The van der Waals surface area contributed by atoms with Crippen molar-refractivity contribution in [1.82, 2.24) is 9.88 Å². The summed E-state index contributed by atoms with van der Waals surface area (Å²) in [5, 5.41) is 20.8. The molecule has 2 rings (SSSR count). The van der Waals surface area contributed by atoms with Crippen LogP contribution in [0.1, 0.15) is 40.7 Å². The Morgan fingerprint density at radius 2 is 2.00 bits per heavy atom. The number of hydrogen-bond acceptors (Lipinski definition) is 3. The van der Waals surface area contributed by atoms with Gasteiger partial charge in [0, 0.05) is 30.2 Å². The van der Waals surface area contributed by atoms with Crippen molar-refractivity contribution in [1.29, 1.82) is 5.26 Å². The number of nitrogens with zero attached hydrogens (tertiary/aromatic N) is 2. The minimum absolute atomic E-state index is 0.104. The molecule has 126 valence electrons. The third kappa shape index (κ3) is 3.84. The lowest BCUT2D eigenvalue weighted by Crippen LogP contribution is -2.29. The van der Waals surface area contributed by atoms with E-state index < -0.39 is 0 Å². The quantitative estimate of drug-likeness (QED) is 0.857. The molecular weight excluding hydrogens is 302 g/mol. The molecule has 5 heteroatoms. The molecule has 0 spiro atoms. The van der Waals surface area contributed by atoms with E-state index in [1.54, 1.807) is 12.1 Å². The molecule has 1 aromatic carbocycles. The first-order valence-corrected chi connectivity index (χ1v) is 8.06. The Hall–Kier alpha value is -2.58. The van der Waals surface area contributed by atoms with Gasteiger partial charge in [0.15, 0.2) is 0 Å². The molecule has 0 aliphatic carbocycles. The first-order valence-electron chi connectivity index (χ1n) is 8.06. The highest BCUT2D eigenvalue weighted by molar-refractivity contribution is 5.95. The zero-order chi connectivity index (χ0) is 17.7. The Labute approximate surface area is 142 Å². The predicted octanol–water partition coefficient (Wildman–Crippen LogP) is 2.71. The number of hydrogen-bond donors (Lipinski definition) is 2. The van der Waals surface area contributed by atoms with Gasteiger partial charge in [0.05, 0.1) is 17.2 Å². The van der Waals surface area contributed by atoms with Crippen molar-refractivity contribution >= 4 is 5.91 Å². The smallest absolute Gasteiger partial charge is 0.253 e. The van der Waals surface area contributed by atoms with Gasteiger partial charge in [-0.2, -0.15) is 5.26 Å². The summed E-state index contributed by atoms with van der Waals surface area (Å²) in [6.07, 6.45) is 0.671. The molecule has 2 N–H and O–H groups in total. The van der Waals surface area contributed by atoms with Gasteiger partial charge in [-0.3, -0.25) is 4.79 Å². The number of amides is 1. The fourth-order valence-corrected chi connectivity index (χ4v) is 2.76. The summed E-state index contributed by atoms with van der Waals surface area (Å²) in [7, 11) is 0. The molecule has 0 saturated heterocycles. The Kier molecular flexibility index (Phi) is 5.78. The van der Waals surface area contributed by atoms with Crippen molar-refractivity contribution in [3.8, 4) is 11.8 Å². The van der Waals surface area contributed by atoms with Crippen molar-refractivity contribution in [2.45, 2.75) is 27.2 Å². The largest absolute Gasteiger partial charge is 0.396 e. The summed E-state index contributed by atoms with van der Waals surface area (Å²) in [5.74, 6) is 0.133. The molecule has 0 radical (unpaired) electrons. The molecule has 1 heterocycles. The molecule has 1 atom stereocenters. The van der Waals surface area contributed by atoms with Gasteiger partial charge < -0.3 is 15.0 Å². The highest BCUT2D eigenvalue weighted by Gasteiger charge is 2.17. The van der Waals surface area contributed by atoms with Gasteiger partial charge in [-0.15, -0.1) is 0 Å². The zero-order valence-electron chi connectivity index (χ0n) is 14.3. The lowest BCUT2D eigenvalue weighted by molar-refractivity contribution is 0.0945. The fourth-order valence-electron chi connectivity index (χ4n) is 2.76. The summed E-state index contributed by atoms with van der Waals surface area (Å²) in [5.41, 5.74) is 4.01. The van der Waals surface area contributed by atoms with Crippen LogP contribution in [0.4, 0.5) is 0 Å². The molecule has 0 fully saturated rings. The van der Waals surface area contributed by atoms with Crippen LogP contribution in [-0.2, 0) is 0 Å². The first-order chi connectivity index (χ1) is 11.5. The number of nitriles is 1. The number of nitrogens with one attached hydrogen (secondary N) is 1. The van der Waals surface area contributed by atoms with Crippen LogP contribution in [-0.4, -0.2) is 28.7 Å². The number of carbonyl (C=O) groups is 1. The van der Waals surface area contributed by atoms with Crippen molar-refractivity contribution in [3.05, 3.63) is 52.8 Å². The van der Waals surface area contributed by atoms with Crippen molar-refractivity contribution in [2.75, 3.05) is 13.2 Å². The van der Waals surface area contributed by atoms with Crippen LogP contribution in [0.25, 0.3) is 5.69 Å². The van der Waals surface area contributed by atoms with Crippen molar-refractivity contribution < 1.29 is 9.90 Å². The van der Waals surface area contributed by atoms with Crippen LogP contribution >= 0.6 is 0 Å². The lowest BCUT2D eigenvalue weighted by Gasteiger charge is -2.12. The second-order valence-corrected chi connectivity index (χ2v) is 6.11. The molecule has 2 aromatic rings. The second kappa shape index (κ2) is 7.80. The second-order valence-electron chi connectivity index (χ2n) is 6.11. The van der Waals surface area contributed by atoms with E-state index in [0.717, 1.165) is 17.1 Å². The SMILES string of the molecule is Cc1cc(C(=O)NCC(C)CCO)c(C)n1-c1ccc(C#N)cc1. The fraction of sp³-hybridized carbons (Fsp3) is 0.368. The number of rotatable bonds is 6. The normalized spacial score (nSPS) is 11.8. The van der Waals surface area contributed by atoms with Crippen LogP contribution < -0.4 is 5.32 Å². The van der Waals surface area contributed by atoms with Gasteiger partial charge in [-0.05, 0) is 56.5 Å². The van der Waals surface area contributed by atoms with Gasteiger partial charge >= 0.3 is 0 Å². The highest BCUT2D eigenvalue weighted by atomic mass is 16.3. The maximum atomic E-state index is 12.4. The van der Waals surface area contributed by atoms with Gasteiger partial charge in [-0.25, -0.2) is 0 Å². The van der Waals surface area contributed by atoms with E-state index in [4.69, 9.17) is 10.4 Å². The van der Waals surface area contributed by atoms with Crippen LogP contribution in [0, 0.1) is 31.1 Å². The third-order valence-corrected chi connectivity index (χ3v) is 4.16. The Bertz CT molecular complexity index is 754. The predicted molar refractivity (Wildman–Crippen MR) is 93.2 cm³/mol. The standard InChI is InChI=1S/C19H23N3O2/c1-13(8-9-23)12-21-19(24)18-10-14(2)22(15(18)3)17-6-4-16(11-20)5-7-17/h4-7,10,13,23H,8-9,12H2,1-3H3,(H,21,24). The summed E-state index contributed by atoms with van der Waals surface area (Å²) in [6, 6.07) is 11.3. The zero-order valence-corrected chi connectivity index (χ0v) is 14.3. The molecule has 0 saturated carbocycles. The van der Waals surface area contributed by atoms with Crippen LogP contribution in [0.3, 0.4) is 0 Å². The number of aryl methyl sites for hydroxylation is 1. The molecule has 0 aliphatic rings. The molecule has 1 unspecified atom stereocenters. The number of aliphatic hydroxyl groups is 1. The minimum Gasteiger partial charge on any atom is -0.396 e. The monoisotopic (exact) mass is 325 g/mol. The Morgan fingerprint density at radius 1 is 1.33 bits per heavy atom. The molecule has 0 bridgehead atoms. The van der Waals surface area contributed by atoms with E-state index in [-0.39, 0.29) is 18.4 Å². The van der Waals surface area contributed by atoms with Crippen LogP contribution in [0.2, 0.25) is 0 Å². The van der Waals surface area contributed by atoms with E-state index in [1.165, 1.54) is 0 Å². The Morgan fingerprint density at radius 3 is 2.58 bits per heavy atom. The van der Waals surface area contributed by atoms with E-state index in [2.05, 4.69) is 11.4 Å². The molecule has 24 heavy (non-hydrogen) atoms. The van der Waals surface area contributed by atoms with Gasteiger partial charge in [0.25, 0.3) is 5.91 Å². The molecule has 1 amide bonds. The van der Waals surface area contributed by atoms with Crippen molar-refractivity contribution in [3.63, 3.8) is 0 Å². The third-order valence-electron chi connectivity index (χ3n) is 4.16. The maximum absolute atomic E-state index is 12.4. The molecular formula is C19H23N3O2. The van der Waals surface area contributed by atoms with E-state index in [0.29, 0.717) is 24.1 Å². The molecule has 0 aliphatic heterocycles. The van der Waals surface area contributed by atoms with E-state index >= 15 is 0 Å². The average Bonchev–Trinajstić information content (AvgIpc) is 2.88. The van der Waals surface area contributed by atoms with Gasteiger partial charge in [0.1, 0.15) is 0 Å². The summed E-state index contributed by atoms with van der Waals surface area (Å²) in [6.45, 7) is 6.54. The van der Waals surface area contributed by atoms with Crippen LogP contribution in [0.15, 0.2) is 30.3 Å². The van der Waals surface area contributed by atoms with Crippen molar-refractivity contribution in [2.24, 2.45) is 5.92 Å². The summed E-state index contributed by atoms with van der Waals surface area (Å²) >= 11 is 0. The van der Waals surface area contributed by atoms with E-state index in [1.807, 2.05) is 43.5 Å². The highest BCUT2D eigenvalue weighted by Crippen LogP contribution is 2.21. The topological polar surface area (TPSA) is 78.0 Å².